The molecule has 19 heavy (non-hydrogen) atoms. The molecule has 0 saturated heterocycles. The van der Waals surface area contributed by atoms with Gasteiger partial charge in [0.2, 0.25) is 0 Å². The molecule has 0 bridgehead atoms. The molecular formula is C14H15N5. The quantitative estimate of drug-likeness (QED) is 0.548. The van der Waals surface area contributed by atoms with E-state index in [-0.39, 0.29) is 6.04 Å². The highest BCUT2D eigenvalue weighted by Gasteiger charge is 2.20. The molecule has 3 aromatic rings. The van der Waals surface area contributed by atoms with Gasteiger partial charge in [0.1, 0.15) is 11.9 Å². The Morgan fingerprint density at radius 2 is 2.00 bits per heavy atom. The minimum atomic E-state index is -0.230. The number of aryl methyl sites for hydroxylation is 1. The van der Waals surface area contributed by atoms with E-state index in [2.05, 4.69) is 21.5 Å². The zero-order valence-electron chi connectivity index (χ0n) is 10.6. The maximum atomic E-state index is 5.71. The Kier molecular flexibility index (Phi) is 2.98. The first-order chi connectivity index (χ1) is 9.31. The van der Waals surface area contributed by atoms with E-state index in [1.807, 2.05) is 42.1 Å². The van der Waals surface area contributed by atoms with Crippen LogP contribution in [0.25, 0.3) is 10.8 Å². The third-order valence-corrected chi connectivity index (χ3v) is 3.26. The summed E-state index contributed by atoms with van der Waals surface area (Å²) < 4.78 is 1.94. The Hall–Kier alpha value is -2.24. The average Bonchev–Trinajstić information content (AvgIpc) is 2.86. The number of hydrazine groups is 1. The maximum absolute atomic E-state index is 5.71. The first-order valence-electron chi connectivity index (χ1n) is 6.08. The van der Waals surface area contributed by atoms with Gasteiger partial charge < -0.3 is 4.57 Å². The van der Waals surface area contributed by atoms with Crippen LogP contribution >= 0.6 is 0 Å². The lowest BCUT2D eigenvalue weighted by molar-refractivity contribution is 0.571. The topological polar surface area (TPSA) is 68.8 Å². The van der Waals surface area contributed by atoms with Gasteiger partial charge in [-0.3, -0.25) is 10.8 Å². The fourth-order valence-electron chi connectivity index (χ4n) is 2.30. The summed E-state index contributed by atoms with van der Waals surface area (Å²) in [5, 5.41) is 2.22. The van der Waals surface area contributed by atoms with Gasteiger partial charge in [-0.1, -0.05) is 24.3 Å². The number of pyridine rings is 1. The summed E-state index contributed by atoms with van der Waals surface area (Å²) >= 11 is 0. The van der Waals surface area contributed by atoms with Crippen LogP contribution in [0.4, 0.5) is 0 Å². The van der Waals surface area contributed by atoms with Crippen molar-refractivity contribution >= 4 is 10.8 Å². The van der Waals surface area contributed by atoms with Gasteiger partial charge in [-0.2, -0.15) is 0 Å². The van der Waals surface area contributed by atoms with E-state index < -0.39 is 0 Å². The summed E-state index contributed by atoms with van der Waals surface area (Å²) in [5.74, 6) is 6.55. The zero-order chi connectivity index (χ0) is 13.2. The fraction of sp³-hybridized carbons (Fsp3) is 0.143. The summed E-state index contributed by atoms with van der Waals surface area (Å²) in [5.41, 5.74) is 3.69. The van der Waals surface area contributed by atoms with Gasteiger partial charge in [-0.05, 0) is 11.5 Å². The van der Waals surface area contributed by atoms with E-state index in [0.29, 0.717) is 0 Å². The molecule has 0 radical (unpaired) electrons. The van der Waals surface area contributed by atoms with Crippen molar-refractivity contribution < 1.29 is 0 Å². The van der Waals surface area contributed by atoms with Crippen molar-refractivity contribution in [2.75, 3.05) is 0 Å². The van der Waals surface area contributed by atoms with E-state index in [1.54, 1.807) is 12.4 Å². The van der Waals surface area contributed by atoms with Crippen molar-refractivity contribution in [1.82, 2.24) is 20.0 Å². The number of rotatable bonds is 3. The van der Waals surface area contributed by atoms with Crippen molar-refractivity contribution in [3.8, 4) is 0 Å². The molecule has 1 aromatic carbocycles. The number of nitrogens with zero attached hydrogens (tertiary/aromatic N) is 3. The molecule has 2 aromatic heterocycles. The fourth-order valence-corrected chi connectivity index (χ4v) is 2.30. The van der Waals surface area contributed by atoms with Crippen molar-refractivity contribution in [2.45, 2.75) is 6.04 Å². The molecule has 0 amide bonds. The largest absolute Gasteiger partial charge is 0.336 e. The molecule has 0 spiro atoms. The summed E-state index contributed by atoms with van der Waals surface area (Å²) in [6, 6.07) is 9.88. The molecule has 5 nitrogen and oxygen atoms in total. The van der Waals surface area contributed by atoms with Crippen LogP contribution in [-0.4, -0.2) is 14.5 Å². The lowest BCUT2D eigenvalue weighted by Crippen LogP contribution is -2.31. The molecule has 1 unspecified atom stereocenters. The van der Waals surface area contributed by atoms with Gasteiger partial charge in [0.05, 0.1) is 5.69 Å². The van der Waals surface area contributed by atoms with Gasteiger partial charge in [0, 0.05) is 31.0 Å². The normalized spacial score (nSPS) is 12.7. The lowest BCUT2D eigenvalue weighted by atomic mass is 10.0. The molecule has 1 atom stereocenters. The molecule has 0 aliphatic carbocycles. The number of imidazole rings is 1. The molecule has 96 valence electrons. The highest BCUT2D eigenvalue weighted by molar-refractivity contribution is 5.84. The van der Waals surface area contributed by atoms with E-state index in [9.17, 15) is 0 Å². The average molecular weight is 253 g/mol. The number of hydrogen-bond acceptors (Lipinski definition) is 4. The minimum Gasteiger partial charge on any atom is -0.336 e. The van der Waals surface area contributed by atoms with Crippen molar-refractivity contribution in [2.24, 2.45) is 12.9 Å². The predicted molar refractivity (Wildman–Crippen MR) is 74.1 cm³/mol. The van der Waals surface area contributed by atoms with Crippen LogP contribution in [0.2, 0.25) is 0 Å². The van der Waals surface area contributed by atoms with Gasteiger partial charge in [-0.15, -0.1) is 0 Å². The zero-order valence-corrected chi connectivity index (χ0v) is 10.6. The smallest absolute Gasteiger partial charge is 0.133 e. The van der Waals surface area contributed by atoms with E-state index in [4.69, 9.17) is 5.84 Å². The molecule has 0 aliphatic heterocycles. The Balaban J connectivity index is 2.20. The monoisotopic (exact) mass is 253 g/mol. The third kappa shape index (κ3) is 1.99. The van der Waals surface area contributed by atoms with E-state index in [0.717, 1.165) is 22.3 Å². The second-order valence-corrected chi connectivity index (χ2v) is 4.41. The number of nitrogens with two attached hydrogens (primary N) is 1. The first-order valence-corrected chi connectivity index (χ1v) is 6.08. The second kappa shape index (κ2) is 4.79. The number of benzene rings is 1. The van der Waals surface area contributed by atoms with Gasteiger partial charge in [-0.25, -0.2) is 10.4 Å². The molecule has 3 N–H and O–H groups in total. The summed E-state index contributed by atoms with van der Waals surface area (Å²) in [4.78, 5) is 8.83. The number of fused-ring (bicyclic) bond motifs is 1. The minimum absolute atomic E-state index is 0.230. The Bertz CT molecular complexity index is 698. The highest BCUT2D eigenvalue weighted by atomic mass is 15.3. The van der Waals surface area contributed by atoms with Crippen LogP contribution in [0.15, 0.2) is 48.9 Å². The van der Waals surface area contributed by atoms with Gasteiger partial charge in [0.15, 0.2) is 0 Å². The van der Waals surface area contributed by atoms with Crippen LogP contribution in [-0.2, 0) is 7.05 Å². The van der Waals surface area contributed by atoms with Crippen molar-refractivity contribution in [3.05, 3.63) is 60.4 Å². The van der Waals surface area contributed by atoms with Crippen LogP contribution < -0.4 is 11.3 Å². The summed E-state index contributed by atoms with van der Waals surface area (Å²) in [6.07, 6.45) is 5.44. The molecule has 3 rings (SSSR count). The van der Waals surface area contributed by atoms with Gasteiger partial charge >= 0.3 is 0 Å². The third-order valence-electron chi connectivity index (χ3n) is 3.26. The molecule has 5 heteroatoms. The standard InChI is InChI=1S/C14H15N5/c1-19-9-8-17-14(19)13(18-15)12-11-5-3-2-4-10(11)6-7-16-12/h2-9,13,18H,15H2,1H3. The SMILES string of the molecule is Cn1ccnc1C(NN)c1nccc2ccccc12. The molecule has 0 aliphatic rings. The van der Waals surface area contributed by atoms with Crippen LogP contribution in [0, 0.1) is 0 Å². The molecule has 2 heterocycles. The molecular weight excluding hydrogens is 238 g/mol. The number of aromatic nitrogens is 3. The van der Waals surface area contributed by atoms with E-state index in [1.165, 1.54) is 0 Å². The van der Waals surface area contributed by atoms with Crippen LogP contribution in [0.1, 0.15) is 17.6 Å². The van der Waals surface area contributed by atoms with Crippen molar-refractivity contribution in [1.29, 1.82) is 0 Å². The summed E-state index contributed by atoms with van der Waals surface area (Å²) in [7, 11) is 1.94. The Labute approximate surface area is 111 Å². The Morgan fingerprint density at radius 3 is 2.74 bits per heavy atom. The highest BCUT2D eigenvalue weighted by Crippen LogP contribution is 2.25. The Morgan fingerprint density at radius 1 is 1.16 bits per heavy atom. The number of nitrogens with one attached hydrogen (secondary N) is 1. The maximum Gasteiger partial charge on any atom is 0.133 e. The number of hydrogen-bond donors (Lipinski definition) is 2. The van der Waals surface area contributed by atoms with Crippen LogP contribution in [0.3, 0.4) is 0 Å². The van der Waals surface area contributed by atoms with Gasteiger partial charge in [0.25, 0.3) is 0 Å². The summed E-state index contributed by atoms with van der Waals surface area (Å²) in [6.45, 7) is 0. The molecule has 0 saturated carbocycles. The van der Waals surface area contributed by atoms with Crippen LogP contribution in [0.5, 0.6) is 0 Å². The lowest BCUT2D eigenvalue weighted by Gasteiger charge is -2.17. The first kappa shape index (κ1) is 11.8. The second-order valence-electron chi connectivity index (χ2n) is 4.41. The van der Waals surface area contributed by atoms with Crippen molar-refractivity contribution in [3.63, 3.8) is 0 Å². The predicted octanol–water partition coefficient (Wildman–Crippen LogP) is 1.52. The van der Waals surface area contributed by atoms with E-state index >= 15 is 0 Å². The molecule has 0 fully saturated rings.